The second-order valence-corrected chi connectivity index (χ2v) is 9.84. The first-order valence-electron chi connectivity index (χ1n) is 11.7. The summed E-state index contributed by atoms with van der Waals surface area (Å²) in [6.07, 6.45) is 2.27. The molecule has 8 heteroatoms. The molecule has 31 heavy (non-hydrogen) atoms. The zero-order valence-corrected chi connectivity index (χ0v) is 19.6. The summed E-state index contributed by atoms with van der Waals surface area (Å²) in [5.74, 6) is -2.67. The quantitative estimate of drug-likeness (QED) is 0.417. The van der Waals surface area contributed by atoms with E-state index in [1.807, 2.05) is 34.6 Å². The van der Waals surface area contributed by atoms with Crippen LogP contribution < -0.4 is 5.32 Å². The van der Waals surface area contributed by atoms with Crippen LogP contribution in [0.4, 0.5) is 0 Å². The van der Waals surface area contributed by atoms with Crippen LogP contribution in [0.2, 0.25) is 0 Å². The minimum Gasteiger partial charge on any atom is -0.466 e. The van der Waals surface area contributed by atoms with E-state index in [2.05, 4.69) is 5.32 Å². The van der Waals surface area contributed by atoms with E-state index in [1.54, 1.807) is 6.92 Å². The summed E-state index contributed by atoms with van der Waals surface area (Å²) < 4.78 is 11.9. The number of fused-ring (bicyclic) bond motifs is 1. The number of unbranched alkanes of at least 4 members (excludes halogenated alkanes) is 1. The number of likely N-dealkylation sites (tertiary alicyclic amines) is 1. The summed E-state index contributed by atoms with van der Waals surface area (Å²) >= 11 is 0. The van der Waals surface area contributed by atoms with Gasteiger partial charge in [0.05, 0.1) is 30.8 Å². The lowest BCUT2D eigenvalue weighted by Gasteiger charge is -2.38. The molecule has 3 saturated heterocycles. The Morgan fingerprint density at radius 3 is 2.58 bits per heavy atom. The highest BCUT2D eigenvalue weighted by molar-refractivity contribution is 5.98. The lowest BCUT2D eigenvalue weighted by Crippen LogP contribution is -2.59. The maximum Gasteiger partial charge on any atom is 0.312 e. The number of ether oxygens (including phenoxy) is 2. The van der Waals surface area contributed by atoms with Gasteiger partial charge < -0.3 is 24.8 Å². The number of nitrogens with one attached hydrogen (secondary N) is 1. The first-order valence-corrected chi connectivity index (χ1v) is 11.7. The maximum absolute atomic E-state index is 13.8. The van der Waals surface area contributed by atoms with Gasteiger partial charge in [0.1, 0.15) is 17.6 Å². The Balaban J connectivity index is 2.09. The van der Waals surface area contributed by atoms with Crippen LogP contribution in [0.5, 0.6) is 0 Å². The van der Waals surface area contributed by atoms with Gasteiger partial charge in [-0.3, -0.25) is 14.4 Å². The molecule has 0 aliphatic carbocycles. The van der Waals surface area contributed by atoms with Gasteiger partial charge in [-0.1, -0.05) is 34.1 Å². The molecule has 0 radical (unpaired) electrons. The number of rotatable bonds is 9. The first kappa shape index (κ1) is 24.0. The van der Waals surface area contributed by atoms with E-state index in [0.29, 0.717) is 13.0 Å². The minimum absolute atomic E-state index is 0.0246. The molecule has 3 rings (SSSR count). The van der Waals surface area contributed by atoms with Crippen LogP contribution in [0, 0.1) is 23.7 Å². The van der Waals surface area contributed by atoms with Gasteiger partial charge in [0.25, 0.3) is 0 Å². The molecule has 0 saturated carbocycles. The Kier molecular flexibility index (Phi) is 6.73. The molecule has 2 bridgehead atoms. The molecule has 3 heterocycles. The molecule has 0 aromatic rings. The third kappa shape index (κ3) is 3.46. The van der Waals surface area contributed by atoms with E-state index >= 15 is 0 Å². The molecule has 0 aromatic carbocycles. The Morgan fingerprint density at radius 2 is 2.03 bits per heavy atom. The molecular formula is C23H38N2O6. The van der Waals surface area contributed by atoms with Crippen molar-refractivity contribution in [2.24, 2.45) is 23.7 Å². The smallest absolute Gasteiger partial charge is 0.312 e. The summed E-state index contributed by atoms with van der Waals surface area (Å²) in [6.45, 7) is 11.9. The fourth-order valence-electron chi connectivity index (χ4n) is 6.03. The van der Waals surface area contributed by atoms with Crippen LogP contribution in [-0.2, 0) is 23.9 Å². The Morgan fingerprint density at radius 1 is 1.35 bits per heavy atom. The van der Waals surface area contributed by atoms with Crippen LogP contribution in [0.15, 0.2) is 0 Å². The third-order valence-electron chi connectivity index (χ3n) is 7.68. The molecule has 3 aliphatic heterocycles. The van der Waals surface area contributed by atoms with E-state index in [-0.39, 0.29) is 36.9 Å². The predicted octanol–water partition coefficient (Wildman–Crippen LogP) is 1.49. The van der Waals surface area contributed by atoms with Crippen molar-refractivity contribution in [2.45, 2.75) is 84.1 Å². The SMILES string of the molecule is CCCCNC(=O)C1N([C@@H](CO)C(C)C)C(=O)[C@@H]2[C@@H](C(=O)OCC)[C@]3(C)OC12CC3C. The van der Waals surface area contributed by atoms with Gasteiger partial charge in [-0.15, -0.1) is 0 Å². The number of hydrogen-bond donors (Lipinski definition) is 2. The zero-order chi connectivity index (χ0) is 23.1. The normalized spacial score (nSPS) is 37.3. The van der Waals surface area contributed by atoms with Crippen LogP contribution in [0.25, 0.3) is 0 Å². The van der Waals surface area contributed by atoms with Gasteiger partial charge in [0.15, 0.2) is 0 Å². The molecule has 176 valence electrons. The Bertz CT molecular complexity index is 727. The lowest BCUT2D eigenvalue weighted by atomic mass is 9.62. The summed E-state index contributed by atoms with van der Waals surface area (Å²) in [5.41, 5.74) is -1.96. The second kappa shape index (κ2) is 8.70. The van der Waals surface area contributed by atoms with Gasteiger partial charge in [-0.05, 0) is 38.5 Å². The van der Waals surface area contributed by atoms with Crippen molar-refractivity contribution in [3.05, 3.63) is 0 Å². The number of hydrogen-bond acceptors (Lipinski definition) is 6. The highest BCUT2D eigenvalue weighted by Crippen LogP contribution is 2.65. The zero-order valence-electron chi connectivity index (χ0n) is 19.6. The van der Waals surface area contributed by atoms with E-state index in [9.17, 15) is 19.5 Å². The fraction of sp³-hybridized carbons (Fsp3) is 0.870. The molecule has 7 atom stereocenters. The minimum atomic E-state index is -1.10. The van der Waals surface area contributed by atoms with E-state index < -0.39 is 41.1 Å². The number of carbonyl (C=O) groups is 3. The first-order chi connectivity index (χ1) is 14.6. The molecule has 3 unspecified atom stereocenters. The maximum atomic E-state index is 13.8. The van der Waals surface area contributed by atoms with Gasteiger partial charge in [-0.2, -0.15) is 0 Å². The monoisotopic (exact) mass is 438 g/mol. The average molecular weight is 439 g/mol. The van der Waals surface area contributed by atoms with Gasteiger partial charge in [0, 0.05) is 6.54 Å². The highest BCUT2D eigenvalue weighted by Gasteiger charge is 2.80. The summed E-state index contributed by atoms with van der Waals surface area (Å²) in [7, 11) is 0. The van der Waals surface area contributed by atoms with E-state index in [1.165, 1.54) is 4.90 Å². The van der Waals surface area contributed by atoms with Crippen molar-refractivity contribution in [1.82, 2.24) is 10.2 Å². The second-order valence-electron chi connectivity index (χ2n) is 9.84. The molecule has 8 nitrogen and oxygen atoms in total. The number of aliphatic hydroxyl groups excluding tert-OH is 1. The molecular weight excluding hydrogens is 400 g/mol. The van der Waals surface area contributed by atoms with Gasteiger partial charge >= 0.3 is 5.97 Å². The topological polar surface area (TPSA) is 105 Å². The molecule has 0 aromatic heterocycles. The predicted molar refractivity (Wildman–Crippen MR) is 114 cm³/mol. The Labute approximate surface area is 185 Å². The van der Waals surface area contributed by atoms with Crippen molar-refractivity contribution in [2.75, 3.05) is 19.8 Å². The highest BCUT2D eigenvalue weighted by atomic mass is 16.6. The molecule has 2 amide bonds. The van der Waals surface area contributed by atoms with Crippen LogP contribution in [0.3, 0.4) is 0 Å². The summed E-state index contributed by atoms with van der Waals surface area (Å²) in [6, 6.07) is -1.42. The molecule has 1 spiro atoms. The van der Waals surface area contributed by atoms with Crippen molar-refractivity contribution in [1.29, 1.82) is 0 Å². The summed E-state index contributed by atoms with van der Waals surface area (Å²) in [4.78, 5) is 41.8. The fourth-order valence-corrected chi connectivity index (χ4v) is 6.03. The van der Waals surface area contributed by atoms with Crippen molar-refractivity contribution in [3.8, 4) is 0 Å². The largest absolute Gasteiger partial charge is 0.466 e. The van der Waals surface area contributed by atoms with Crippen LogP contribution in [0.1, 0.15) is 60.8 Å². The van der Waals surface area contributed by atoms with Gasteiger partial charge in [-0.25, -0.2) is 0 Å². The third-order valence-corrected chi connectivity index (χ3v) is 7.68. The van der Waals surface area contributed by atoms with Crippen molar-refractivity contribution in [3.63, 3.8) is 0 Å². The number of amides is 2. The number of carbonyl (C=O) groups excluding carboxylic acids is 3. The van der Waals surface area contributed by atoms with Crippen molar-refractivity contribution < 1.29 is 29.0 Å². The average Bonchev–Trinajstić information content (AvgIpc) is 3.20. The number of aliphatic hydroxyl groups is 1. The van der Waals surface area contributed by atoms with E-state index in [4.69, 9.17) is 9.47 Å². The summed E-state index contributed by atoms with van der Waals surface area (Å²) in [5, 5.41) is 13.1. The molecule has 3 fully saturated rings. The van der Waals surface area contributed by atoms with E-state index in [0.717, 1.165) is 12.8 Å². The number of nitrogens with zero attached hydrogens (tertiary/aromatic N) is 1. The van der Waals surface area contributed by atoms with Crippen molar-refractivity contribution >= 4 is 17.8 Å². The number of esters is 1. The van der Waals surface area contributed by atoms with Gasteiger partial charge in [0.2, 0.25) is 11.8 Å². The molecule has 3 aliphatic rings. The Hall–Kier alpha value is -1.67. The standard InChI is InChI=1S/C23H38N2O6/c1-7-9-10-24-19(27)18-23-11-14(5)22(6,31-23)17(21(29)30-8-2)16(23)20(28)25(18)15(12-26)13(3)4/h13-18,26H,7-12H2,1-6H3,(H,24,27)/t14?,15-,16-,17-,18?,22+,23?/m0/s1. The lowest BCUT2D eigenvalue weighted by molar-refractivity contribution is -0.162. The molecule has 2 N–H and O–H groups in total. The van der Waals surface area contributed by atoms with Crippen LogP contribution >= 0.6 is 0 Å². The van der Waals surface area contributed by atoms with Crippen LogP contribution in [-0.4, -0.2) is 70.8 Å².